The van der Waals surface area contributed by atoms with Gasteiger partial charge in [0.05, 0.1) is 16.6 Å². The van der Waals surface area contributed by atoms with Crippen molar-refractivity contribution in [1.29, 1.82) is 0 Å². The molecule has 3 aromatic rings. The molecule has 0 aliphatic rings. The van der Waals surface area contributed by atoms with E-state index in [1.54, 1.807) is 23.5 Å². The van der Waals surface area contributed by atoms with Crippen LogP contribution in [0.2, 0.25) is 0 Å². The molecule has 99 valence electrons. The van der Waals surface area contributed by atoms with Gasteiger partial charge in [-0.2, -0.15) is 16.4 Å². The molecule has 0 spiro atoms. The lowest BCUT2D eigenvalue weighted by atomic mass is 10.0. The van der Waals surface area contributed by atoms with Gasteiger partial charge in [-0.05, 0) is 28.5 Å². The second-order valence-electron chi connectivity index (χ2n) is 4.31. The van der Waals surface area contributed by atoms with Crippen molar-refractivity contribution < 1.29 is 4.79 Å². The molecule has 1 aromatic carbocycles. The van der Waals surface area contributed by atoms with E-state index < -0.39 is 11.5 Å². The van der Waals surface area contributed by atoms with E-state index in [4.69, 9.17) is 5.73 Å². The lowest BCUT2D eigenvalue weighted by Gasteiger charge is -2.06. The van der Waals surface area contributed by atoms with Crippen LogP contribution >= 0.6 is 11.3 Å². The van der Waals surface area contributed by atoms with Gasteiger partial charge >= 0.3 is 0 Å². The molecule has 0 bridgehead atoms. The highest BCUT2D eigenvalue weighted by Gasteiger charge is 2.14. The summed E-state index contributed by atoms with van der Waals surface area (Å²) < 4.78 is 0. The second-order valence-corrected chi connectivity index (χ2v) is 5.09. The molecule has 3 N–H and O–H groups in total. The highest BCUT2D eigenvalue weighted by Crippen LogP contribution is 2.20. The normalized spacial score (nSPS) is 10.8. The molecule has 6 heteroatoms. The number of rotatable bonds is 3. The van der Waals surface area contributed by atoms with E-state index in [1.165, 1.54) is 0 Å². The summed E-state index contributed by atoms with van der Waals surface area (Å²) in [5.41, 5.74) is 6.76. The van der Waals surface area contributed by atoms with Crippen molar-refractivity contribution in [1.82, 2.24) is 10.2 Å². The monoisotopic (exact) mass is 284 g/mol. The van der Waals surface area contributed by atoms with Gasteiger partial charge in [0.25, 0.3) is 5.56 Å². The number of carbonyl (C=O) groups is 1. The number of fused-ring (bicyclic) bond motifs is 1. The van der Waals surface area contributed by atoms with Crippen molar-refractivity contribution >= 4 is 28.0 Å². The third-order valence-electron chi connectivity index (χ3n) is 3.03. The molecule has 0 atom stereocenters. The molecule has 0 fully saturated rings. The molecule has 0 aliphatic carbocycles. The zero-order valence-corrected chi connectivity index (χ0v) is 11.2. The number of benzene rings is 1. The Morgan fingerprint density at radius 1 is 1.45 bits per heavy atom. The number of aromatic amines is 1. The molecule has 2 heterocycles. The predicted molar refractivity (Wildman–Crippen MR) is 76.8 cm³/mol. The van der Waals surface area contributed by atoms with Gasteiger partial charge in [-0.15, -0.1) is 0 Å². The van der Waals surface area contributed by atoms with E-state index in [-0.39, 0.29) is 10.9 Å². The number of aromatic nitrogens is 2. The smallest absolute Gasteiger partial charge is 0.272 e. The first-order valence-electron chi connectivity index (χ1n) is 5.89. The number of amides is 1. The minimum Gasteiger partial charge on any atom is -0.366 e. The summed E-state index contributed by atoms with van der Waals surface area (Å²) in [5, 5.41) is 11.4. The van der Waals surface area contributed by atoms with Crippen LogP contribution in [0.3, 0.4) is 0 Å². The van der Waals surface area contributed by atoms with Gasteiger partial charge in [0.15, 0.2) is 0 Å². The molecule has 0 saturated heterocycles. The van der Waals surface area contributed by atoms with Crippen LogP contribution in [0.15, 0.2) is 33.8 Å². The Bertz CT molecular complexity index is 837. The molecule has 1 radical (unpaired) electrons. The zero-order valence-electron chi connectivity index (χ0n) is 10.3. The molecule has 0 unspecified atom stereocenters. The summed E-state index contributed by atoms with van der Waals surface area (Å²) in [6.45, 7) is 0. The molecule has 0 saturated carbocycles. The van der Waals surface area contributed by atoms with Gasteiger partial charge in [0, 0.05) is 11.8 Å². The van der Waals surface area contributed by atoms with Crippen LogP contribution in [-0.2, 0) is 6.42 Å². The molecule has 2 aromatic heterocycles. The number of thiophene rings is 1. The number of nitrogens with one attached hydrogen (secondary N) is 1. The standard InChI is InChI=1S/C14H10N3O2S/c15-13(18)10-3-1-2-9-11(6-8-4-5-20-7-8)16-17-14(19)12(9)10/h1-2,4-5,7H,6H2,(H2,15,18)(H,17,19). The first-order chi connectivity index (χ1) is 9.66. The SMILES string of the molecule is NC(=O)c1[c]ccc2c(Cc3ccsc3)n[nH]c(=O)c12. The maximum Gasteiger partial charge on any atom is 0.272 e. The fraction of sp³-hybridized carbons (Fsp3) is 0.0714. The number of hydrogen-bond acceptors (Lipinski definition) is 4. The van der Waals surface area contributed by atoms with Crippen LogP contribution in [-0.4, -0.2) is 16.1 Å². The average molecular weight is 284 g/mol. The van der Waals surface area contributed by atoms with E-state index in [1.807, 2.05) is 16.8 Å². The van der Waals surface area contributed by atoms with E-state index in [2.05, 4.69) is 16.3 Å². The number of nitrogens with two attached hydrogens (primary N) is 1. The first-order valence-corrected chi connectivity index (χ1v) is 6.84. The lowest BCUT2D eigenvalue weighted by Crippen LogP contribution is -2.19. The Morgan fingerprint density at radius 3 is 3.00 bits per heavy atom. The van der Waals surface area contributed by atoms with E-state index in [0.717, 1.165) is 5.56 Å². The summed E-state index contributed by atoms with van der Waals surface area (Å²) in [6, 6.07) is 8.02. The zero-order chi connectivity index (χ0) is 14.1. The number of nitrogens with zero attached hydrogens (tertiary/aromatic N) is 1. The van der Waals surface area contributed by atoms with Crippen molar-refractivity contribution in [3.05, 3.63) is 62.2 Å². The highest BCUT2D eigenvalue weighted by atomic mass is 32.1. The summed E-state index contributed by atoms with van der Waals surface area (Å²) in [7, 11) is 0. The maximum atomic E-state index is 11.9. The summed E-state index contributed by atoms with van der Waals surface area (Å²) in [5.74, 6) is -0.672. The average Bonchev–Trinajstić information content (AvgIpc) is 2.94. The molecule has 20 heavy (non-hydrogen) atoms. The fourth-order valence-corrected chi connectivity index (χ4v) is 2.79. The fourth-order valence-electron chi connectivity index (χ4n) is 2.12. The largest absolute Gasteiger partial charge is 0.366 e. The van der Waals surface area contributed by atoms with E-state index in [0.29, 0.717) is 17.5 Å². The van der Waals surface area contributed by atoms with Crippen molar-refractivity contribution in [3.63, 3.8) is 0 Å². The van der Waals surface area contributed by atoms with Gasteiger partial charge < -0.3 is 5.73 Å². The van der Waals surface area contributed by atoms with Crippen LogP contribution in [0.25, 0.3) is 10.8 Å². The number of H-pyrrole nitrogens is 1. The third kappa shape index (κ3) is 2.10. The minimum atomic E-state index is -0.672. The number of primary amides is 1. The van der Waals surface area contributed by atoms with E-state index >= 15 is 0 Å². The highest BCUT2D eigenvalue weighted by molar-refractivity contribution is 7.07. The van der Waals surface area contributed by atoms with Crippen LogP contribution in [0.5, 0.6) is 0 Å². The minimum absolute atomic E-state index is 0.0951. The summed E-state index contributed by atoms with van der Waals surface area (Å²) in [6.07, 6.45) is 0.582. The second kappa shape index (κ2) is 4.90. The Hall–Kier alpha value is -2.47. The Labute approximate surface area is 118 Å². The van der Waals surface area contributed by atoms with Gasteiger partial charge in [-0.1, -0.05) is 12.1 Å². The van der Waals surface area contributed by atoms with Gasteiger partial charge in [0.2, 0.25) is 5.91 Å². The van der Waals surface area contributed by atoms with Crippen molar-refractivity contribution in [2.45, 2.75) is 6.42 Å². The van der Waals surface area contributed by atoms with Crippen molar-refractivity contribution in [3.8, 4) is 0 Å². The van der Waals surface area contributed by atoms with Crippen LogP contribution in [0, 0.1) is 6.07 Å². The van der Waals surface area contributed by atoms with Crippen LogP contribution in [0.4, 0.5) is 0 Å². The van der Waals surface area contributed by atoms with Crippen LogP contribution in [0.1, 0.15) is 21.6 Å². The first kappa shape index (κ1) is 12.6. The molecule has 0 aliphatic heterocycles. The van der Waals surface area contributed by atoms with Gasteiger partial charge in [-0.25, -0.2) is 5.10 Å². The number of hydrogen-bond donors (Lipinski definition) is 2. The van der Waals surface area contributed by atoms with E-state index in [9.17, 15) is 9.59 Å². The third-order valence-corrected chi connectivity index (χ3v) is 3.76. The topological polar surface area (TPSA) is 88.8 Å². The molecule has 5 nitrogen and oxygen atoms in total. The molecule has 1 amide bonds. The van der Waals surface area contributed by atoms with Crippen molar-refractivity contribution in [2.24, 2.45) is 5.73 Å². The Kier molecular flexibility index (Phi) is 3.08. The van der Waals surface area contributed by atoms with Gasteiger partial charge in [0.1, 0.15) is 0 Å². The van der Waals surface area contributed by atoms with Crippen LogP contribution < -0.4 is 11.3 Å². The Morgan fingerprint density at radius 2 is 2.30 bits per heavy atom. The maximum absolute atomic E-state index is 11.9. The number of carbonyl (C=O) groups excluding carboxylic acids is 1. The quantitative estimate of drug-likeness (QED) is 0.763. The van der Waals surface area contributed by atoms with Gasteiger partial charge in [-0.3, -0.25) is 9.59 Å². The Balaban J connectivity index is 2.25. The predicted octanol–water partition coefficient (Wildman–Crippen LogP) is 1.47. The lowest BCUT2D eigenvalue weighted by molar-refractivity contribution is 0.100. The molecular weight excluding hydrogens is 274 g/mol. The summed E-state index contributed by atoms with van der Waals surface area (Å²) >= 11 is 1.60. The molecule has 3 rings (SSSR count). The molecular formula is C14H10N3O2S. The summed E-state index contributed by atoms with van der Waals surface area (Å²) in [4.78, 5) is 23.3. The van der Waals surface area contributed by atoms with Crippen molar-refractivity contribution in [2.75, 3.05) is 0 Å².